The molecule has 0 aliphatic carbocycles. The number of anilines is 1. The number of carbonyl (C=O) groups is 4. The van der Waals surface area contributed by atoms with Crippen LogP contribution in [0.4, 0.5) is 5.69 Å². The van der Waals surface area contributed by atoms with Gasteiger partial charge in [0.25, 0.3) is 10.0 Å². The Kier molecular flexibility index (Phi) is 10.1. The highest BCUT2D eigenvalue weighted by molar-refractivity contribution is 7.92. The summed E-state index contributed by atoms with van der Waals surface area (Å²) in [4.78, 5) is 47.5. The third kappa shape index (κ3) is 8.23. The van der Waals surface area contributed by atoms with Crippen LogP contribution in [0.5, 0.6) is 5.75 Å². The van der Waals surface area contributed by atoms with Crippen LogP contribution < -0.4 is 9.46 Å². The van der Waals surface area contributed by atoms with E-state index in [2.05, 4.69) is 4.72 Å². The Morgan fingerprint density at radius 3 is 1.93 bits per heavy atom. The molecule has 0 unspecified atom stereocenters. The Hall–Kier alpha value is -4.69. The molecule has 4 rings (SSSR count). The molecule has 1 saturated heterocycles. The molecular weight excluding hydrogens is 598 g/mol. The summed E-state index contributed by atoms with van der Waals surface area (Å²) in [7, 11) is -3.93. The fourth-order valence-corrected chi connectivity index (χ4v) is 5.66. The van der Waals surface area contributed by atoms with Crippen molar-refractivity contribution in [3.05, 3.63) is 66.7 Å². The van der Waals surface area contributed by atoms with E-state index in [-0.39, 0.29) is 16.3 Å². The van der Waals surface area contributed by atoms with E-state index in [1.807, 2.05) is 24.3 Å². The first-order chi connectivity index (χ1) is 20.8. The Balaban J connectivity index is 1.57. The van der Waals surface area contributed by atoms with Gasteiger partial charge in [-0.1, -0.05) is 30.3 Å². The maximum absolute atomic E-state index is 13.0. The summed E-state index contributed by atoms with van der Waals surface area (Å²) in [5, 5.41) is 1.67. The van der Waals surface area contributed by atoms with E-state index in [9.17, 15) is 27.6 Å². The Morgan fingerprint density at radius 1 is 0.727 bits per heavy atom. The van der Waals surface area contributed by atoms with Crippen LogP contribution in [0.1, 0.15) is 27.7 Å². The third-order valence-electron chi connectivity index (χ3n) is 6.34. The van der Waals surface area contributed by atoms with E-state index in [1.165, 1.54) is 37.3 Å². The zero-order valence-corrected chi connectivity index (χ0v) is 25.1. The summed E-state index contributed by atoms with van der Waals surface area (Å²) in [6.07, 6.45) is -6.76. The normalized spacial score (nSPS) is 21.5. The molecule has 3 aromatic carbocycles. The molecule has 1 aliphatic rings. The molecule has 0 amide bonds. The maximum atomic E-state index is 13.0. The van der Waals surface area contributed by atoms with Gasteiger partial charge in [0, 0.05) is 33.4 Å². The van der Waals surface area contributed by atoms with E-state index >= 15 is 0 Å². The van der Waals surface area contributed by atoms with E-state index in [1.54, 1.807) is 12.1 Å². The summed E-state index contributed by atoms with van der Waals surface area (Å²) < 4.78 is 61.7. The molecule has 234 valence electrons. The minimum absolute atomic E-state index is 0.0778. The molecule has 14 heteroatoms. The van der Waals surface area contributed by atoms with Gasteiger partial charge >= 0.3 is 23.9 Å². The predicted octanol–water partition coefficient (Wildman–Crippen LogP) is 3.10. The van der Waals surface area contributed by atoms with Gasteiger partial charge in [0.2, 0.25) is 12.4 Å². The average Bonchev–Trinajstić information content (AvgIpc) is 2.95. The van der Waals surface area contributed by atoms with Crippen LogP contribution in [0.15, 0.2) is 71.6 Å². The van der Waals surface area contributed by atoms with Crippen molar-refractivity contribution in [3.63, 3.8) is 0 Å². The molecule has 1 fully saturated rings. The highest BCUT2D eigenvalue weighted by Gasteiger charge is 2.53. The molecule has 44 heavy (non-hydrogen) atoms. The number of hydrogen-bond acceptors (Lipinski definition) is 12. The summed E-state index contributed by atoms with van der Waals surface area (Å²) in [6, 6.07) is 17.9. The van der Waals surface area contributed by atoms with E-state index in [4.69, 9.17) is 28.4 Å². The van der Waals surface area contributed by atoms with Gasteiger partial charge in [-0.25, -0.2) is 8.42 Å². The number of esters is 4. The lowest BCUT2D eigenvalue weighted by Gasteiger charge is -2.43. The van der Waals surface area contributed by atoms with Gasteiger partial charge < -0.3 is 28.4 Å². The second-order valence-corrected chi connectivity index (χ2v) is 11.5. The lowest BCUT2D eigenvalue weighted by Crippen LogP contribution is -2.63. The first-order valence-electron chi connectivity index (χ1n) is 13.4. The maximum Gasteiger partial charge on any atom is 0.303 e. The van der Waals surface area contributed by atoms with Gasteiger partial charge in [-0.3, -0.25) is 23.9 Å². The van der Waals surface area contributed by atoms with Crippen molar-refractivity contribution >= 4 is 50.4 Å². The standard InChI is InChI=1S/C30H31NO12S/c1-17(32)38-16-26-27(39-18(2)33)28(40-19(3)34)29(41-20(4)35)30(43-26)42-24-12-10-23(11-13-24)31-44(36,37)25-14-9-21-7-5-6-8-22(21)15-25/h5-15,26-31H,16H2,1-4H3/t26-,27-,28+,29-,30+/m1/s1. The van der Waals surface area contributed by atoms with E-state index in [0.29, 0.717) is 0 Å². The van der Waals surface area contributed by atoms with E-state index < -0.39 is 71.2 Å². The van der Waals surface area contributed by atoms with Crippen LogP contribution >= 0.6 is 0 Å². The van der Waals surface area contributed by atoms with Crippen LogP contribution in [-0.2, 0) is 52.9 Å². The first-order valence-corrected chi connectivity index (χ1v) is 14.9. The second-order valence-electron chi connectivity index (χ2n) is 9.82. The SMILES string of the molecule is CC(=O)OC[C@H]1O[C@H](Oc2ccc(NS(=O)(=O)c3ccc4ccccc4c3)cc2)[C@H](OC(C)=O)[C@@H](OC(C)=O)[C@@H]1OC(C)=O. The molecule has 3 aromatic rings. The fourth-order valence-electron chi connectivity index (χ4n) is 4.57. The predicted molar refractivity (Wildman–Crippen MR) is 154 cm³/mol. The lowest BCUT2D eigenvalue weighted by molar-refractivity contribution is -0.288. The monoisotopic (exact) mass is 629 g/mol. The van der Waals surface area contributed by atoms with Gasteiger partial charge in [0.1, 0.15) is 18.5 Å². The van der Waals surface area contributed by atoms with Crippen molar-refractivity contribution in [2.45, 2.75) is 63.3 Å². The molecule has 5 atom stereocenters. The van der Waals surface area contributed by atoms with Gasteiger partial charge in [-0.2, -0.15) is 0 Å². The van der Waals surface area contributed by atoms with Gasteiger partial charge in [-0.05, 0) is 47.2 Å². The zero-order valence-electron chi connectivity index (χ0n) is 24.3. The third-order valence-corrected chi connectivity index (χ3v) is 7.72. The molecule has 0 saturated carbocycles. The molecule has 1 aliphatic heterocycles. The van der Waals surface area contributed by atoms with Crippen molar-refractivity contribution in [2.75, 3.05) is 11.3 Å². The van der Waals surface area contributed by atoms with Crippen LogP contribution in [0.2, 0.25) is 0 Å². The van der Waals surface area contributed by atoms with Crippen molar-refractivity contribution in [1.82, 2.24) is 0 Å². The summed E-state index contributed by atoms with van der Waals surface area (Å²) >= 11 is 0. The molecule has 1 N–H and O–H groups in total. The second kappa shape index (κ2) is 13.7. The Morgan fingerprint density at radius 2 is 1.32 bits per heavy atom. The topological polar surface area (TPSA) is 170 Å². The number of hydrogen-bond donors (Lipinski definition) is 1. The summed E-state index contributed by atoms with van der Waals surface area (Å²) in [5.41, 5.74) is 0.229. The van der Waals surface area contributed by atoms with Crippen molar-refractivity contribution in [2.24, 2.45) is 0 Å². The van der Waals surface area contributed by atoms with Crippen LogP contribution in [0, 0.1) is 0 Å². The number of nitrogens with one attached hydrogen (secondary N) is 1. The molecule has 1 heterocycles. The number of carbonyl (C=O) groups excluding carboxylic acids is 4. The molecule has 0 aromatic heterocycles. The fraction of sp³-hybridized carbons (Fsp3) is 0.333. The number of rotatable bonds is 10. The summed E-state index contributed by atoms with van der Waals surface area (Å²) in [5.74, 6) is -2.81. The number of ether oxygens (including phenoxy) is 6. The van der Waals surface area contributed by atoms with Crippen LogP contribution in [0.25, 0.3) is 10.8 Å². The quantitative estimate of drug-likeness (QED) is 0.257. The highest BCUT2D eigenvalue weighted by Crippen LogP contribution is 2.31. The zero-order chi connectivity index (χ0) is 32.0. The number of benzene rings is 3. The van der Waals surface area contributed by atoms with Crippen LogP contribution in [-0.4, -0.2) is 69.6 Å². The van der Waals surface area contributed by atoms with Gasteiger partial charge in [0.05, 0.1) is 4.90 Å². The number of sulfonamides is 1. The van der Waals surface area contributed by atoms with Gasteiger partial charge in [0.15, 0.2) is 12.2 Å². The highest BCUT2D eigenvalue weighted by atomic mass is 32.2. The minimum atomic E-state index is -3.93. The lowest BCUT2D eigenvalue weighted by atomic mass is 9.98. The van der Waals surface area contributed by atoms with Crippen LogP contribution in [0.3, 0.4) is 0 Å². The molecule has 13 nitrogen and oxygen atoms in total. The summed E-state index contributed by atoms with van der Waals surface area (Å²) in [6.45, 7) is 4.10. The Labute approximate surface area is 253 Å². The average molecular weight is 630 g/mol. The van der Waals surface area contributed by atoms with Crippen molar-refractivity contribution in [1.29, 1.82) is 0 Å². The Bertz CT molecular complexity index is 1640. The van der Waals surface area contributed by atoms with Gasteiger partial charge in [-0.15, -0.1) is 0 Å². The van der Waals surface area contributed by atoms with E-state index in [0.717, 1.165) is 31.5 Å². The smallest absolute Gasteiger partial charge is 0.303 e. The molecule has 0 bridgehead atoms. The molecule has 0 radical (unpaired) electrons. The van der Waals surface area contributed by atoms with Crippen molar-refractivity contribution < 1.29 is 56.0 Å². The molecular formula is C30H31NO12S. The number of fused-ring (bicyclic) bond motifs is 1. The largest absolute Gasteiger partial charge is 0.463 e. The first kappa shape index (κ1) is 32.2. The minimum Gasteiger partial charge on any atom is -0.463 e. The van der Waals surface area contributed by atoms with Crippen molar-refractivity contribution in [3.8, 4) is 5.75 Å². The molecule has 0 spiro atoms.